The number of hydrogen-bond acceptors (Lipinski definition) is 4. The van der Waals surface area contributed by atoms with E-state index in [9.17, 15) is 8.42 Å². The lowest BCUT2D eigenvalue weighted by Crippen LogP contribution is -2.34. The van der Waals surface area contributed by atoms with Crippen LogP contribution in [0.25, 0.3) is 0 Å². The fourth-order valence-corrected chi connectivity index (χ4v) is 3.72. The summed E-state index contributed by atoms with van der Waals surface area (Å²) in [4.78, 5) is 3.89. The van der Waals surface area contributed by atoms with Gasteiger partial charge in [-0.05, 0) is 17.9 Å². The highest BCUT2D eigenvalue weighted by molar-refractivity contribution is 7.90. The third-order valence-corrected chi connectivity index (χ3v) is 5.29. The quantitative estimate of drug-likeness (QED) is 0.916. The molecule has 0 bridgehead atoms. The molecule has 112 valence electrons. The number of hydrogen-bond donors (Lipinski definition) is 1. The summed E-state index contributed by atoms with van der Waals surface area (Å²) in [6.07, 6.45) is 2.36. The molecule has 1 saturated heterocycles. The van der Waals surface area contributed by atoms with E-state index >= 15 is 0 Å². The van der Waals surface area contributed by atoms with Crippen molar-refractivity contribution in [3.05, 3.63) is 18.3 Å². The van der Waals surface area contributed by atoms with Gasteiger partial charge in [-0.1, -0.05) is 20.8 Å². The maximum atomic E-state index is 12.5. The van der Waals surface area contributed by atoms with Crippen molar-refractivity contribution >= 4 is 21.7 Å². The van der Waals surface area contributed by atoms with Gasteiger partial charge in [0, 0.05) is 31.9 Å². The highest BCUT2D eigenvalue weighted by Gasteiger charge is 2.36. The van der Waals surface area contributed by atoms with E-state index in [4.69, 9.17) is 5.73 Å². The van der Waals surface area contributed by atoms with Crippen LogP contribution in [0, 0.1) is 5.41 Å². The Kier molecular flexibility index (Phi) is 3.93. The molecule has 0 aliphatic carbocycles. The van der Waals surface area contributed by atoms with E-state index in [1.807, 2.05) is 0 Å². The molecule has 7 heteroatoms. The first-order chi connectivity index (χ1) is 9.20. The number of nitrogens with two attached hydrogens (primary N) is 1. The molecule has 0 saturated carbocycles. The van der Waals surface area contributed by atoms with Crippen LogP contribution < -0.4 is 10.0 Å². The maximum Gasteiger partial charge on any atom is 0.304 e. The van der Waals surface area contributed by atoms with Crippen LogP contribution in [0.1, 0.15) is 27.2 Å². The van der Waals surface area contributed by atoms with Crippen molar-refractivity contribution in [1.29, 1.82) is 0 Å². The summed E-state index contributed by atoms with van der Waals surface area (Å²) in [6.45, 7) is 7.84. The van der Waals surface area contributed by atoms with Crippen LogP contribution in [0.5, 0.6) is 0 Å². The predicted molar refractivity (Wildman–Crippen MR) is 80.6 cm³/mol. The number of nitrogen functional groups attached to an aromatic ring is 1. The van der Waals surface area contributed by atoms with Gasteiger partial charge in [0.1, 0.15) is 5.82 Å². The van der Waals surface area contributed by atoms with Gasteiger partial charge in [-0.3, -0.25) is 4.31 Å². The van der Waals surface area contributed by atoms with E-state index in [0.717, 1.165) is 6.42 Å². The van der Waals surface area contributed by atoms with Gasteiger partial charge in [0.05, 0.1) is 5.69 Å². The van der Waals surface area contributed by atoms with Crippen molar-refractivity contribution in [3.63, 3.8) is 0 Å². The van der Waals surface area contributed by atoms with Crippen molar-refractivity contribution in [1.82, 2.24) is 9.29 Å². The lowest BCUT2D eigenvalue weighted by atomic mass is 9.92. The van der Waals surface area contributed by atoms with E-state index in [-0.39, 0.29) is 5.41 Å². The van der Waals surface area contributed by atoms with Crippen molar-refractivity contribution in [2.45, 2.75) is 27.2 Å². The van der Waals surface area contributed by atoms with E-state index in [0.29, 0.717) is 31.1 Å². The molecule has 0 radical (unpaired) electrons. The summed E-state index contributed by atoms with van der Waals surface area (Å²) in [7, 11) is -3.44. The van der Waals surface area contributed by atoms with Gasteiger partial charge in [0.2, 0.25) is 0 Å². The summed E-state index contributed by atoms with van der Waals surface area (Å²) in [5, 5.41) is 0. The molecule has 1 aliphatic rings. The first kappa shape index (κ1) is 15.1. The highest BCUT2D eigenvalue weighted by atomic mass is 32.2. The van der Waals surface area contributed by atoms with Crippen molar-refractivity contribution in [2.24, 2.45) is 5.41 Å². The number of pyridine rings is 1. The number of anilines is 2. The van der Waals surface area contributed by atoms with Gasteiger partial charge >= 0.3 is 10.2 Å². The Bertz CT molecular complexity index is 580. The number of aromatic nitrogens is 1. The molecule has 0 aromatic carbocycles. The minimum Gasteiger partial charge on any atom is -0.384 e. The monoisotopic (exact) mass is 298 g/mol. The van der Waals surface area contributed by atoms with Crippen molar-refractivity contribution in [2.75, 3.05) is 29.7 Å². The van der Waals surface area contributed by atoms with Crippen LogP contribution in [-0.2, 0) is 10.2 Å². The molecular formula is C13H22N4O2S. The van der Waals surface area contributed by atoms with Gasteiger partial charge in [-0.2, -0.15) is 12.7 Å². The summed E-state index contributed by atoms with van der Waals surface area (Å²) < 4.78 is 28.0. The van der Waals surface area contributed by atoms with Crippen molar-refractivity contribution in [3.8, 4) is 0 Å². The molecule has 1 fully saturated rings. The average molecular weight is 298 g/mol. The Morgan fingerprint density at radius 2 is 2.05 bits per heavy atom. The summed E-state index contributed by atoms with van der Waals surface area (Å²) in [5.41, 5.74) is 6.31. The van der Waals surface area contributed by atoms with Gasteiger partial charge in [0.15, 0.2) is 0 Å². The Labute approximate surface area is 120 Å². The van der Waals surface area contributed by atoms with E-state index < -0.39 is 10.2 Å². The number of nitrogens with zero attached hydrogens (tertiary/aromatic N) is 3. The van der Waals surface area contributed by atoms with E-state index in [1.54, 1.807) is 12.1 Å². The average Bonchev–Trinajstić information content (AvgIpc) is 2.60. The van der Waals surface area contributed by atoms with Crippen LogP contribution in [-0.4, -0.2) is 37.3 Å². The van der Waals surface area contributed by atoms with Crippen LogP contribution in [0.3, 0.4) is 0 Å². The van der Waals surface area contributed by atoms with Gasteiger partial charge in [-0.25, -0.2) is 4.98 Å². The molecule has 0 spiro atoms. The predicted octanol–water partition coefficient (Wildman–Crippen LogP) is 1.47. The molecule has 0 unspecified atom stereocenters. The molecule has 20 heavy (non-hydrogen) atoms. The molecule has 1 aromatic heterocycles. The lowest BCUT2D eigenvalue weighted by molar-refractivity contribution is 0.322. The standard InChI is InChI=1S/C13H22N4O2S/c1-13(2,3)5-7-16-8-9-17(20(16,18)19)11-4-6-15-12(14)10-11/h4,6,10H,5,7-9H2,1-3H3,(H2,14,15). The molecule has 0 atom stereocenters. The second kappa shape index (κ2) is 5.21. The Morgan fingerprint density at radius 1 is 1.35 bits per heavy atom. The SMILES string of the molecule is CC(C)(C)CCN1CCN(c2ccnc(N)c2)S1(=O)=O. The maximum absolute atomic E-state index is 12.5. The first-order valence-corrected chi connectivity index (χ1v) is 8.09. The zero-order valence-corrected chi connectivity index (χ0v) is 13.0. The second-order valence-electron chi connectivity index (χ2n) is 6.23. The molecule has 1 aliphatic heterocycles. The van der Waals surface area contributed by atoms with Crippen LogP contribution in [0.4, 0.5) is 11.5 Å². The van der Waals surface area contributed by atoms with Crippen LogP contribution in [0.15, 0.2) is 18.3 Å². The third-order valence-electron chi connectivity index (χ3n) is 3.32. The molecule has 1 aromatic rings. The van der Waals surface area contributed by atoms with Crippen LogP contribution >= 0.6 is 0 Å². The van der Waals surface area contributed by atoms with Gasteiger partial charge < -0.3 is 5.73 Å². The Morgan fingerprint density at radius 3 is 2.65 bits per heavy atom. The zero-order valence-electron chi connectivity index (χ0n) is 12.2. The second-order valence-corrected chi connectivity index (χ2v) is 8.08. The number of rotatable bonds is 3. The highest BCUT2D eigenvalue weighted by Crippen LogP contribution is 2.27. The molecule has 0 amide bonds. The third kappa shape index (κ3) is 3.21. The minimum atomic E-state index is -3.44. The fraction of sp³-hybridized carbons (Fsp3) is 0.615. The summed E-state index contributed by atoms with van der Waals surface area (Å²) in [6, 6.07) is 3.26. The minimum absolute atomic E-state index is 0.115. The van der Waals surface area contributed by atoms with Crippen LogP contribution in [0.2, 0.25) is 0 Å². The summed E-state index contributed by atoms with van der Waals surface area (Å²) >= 11 is 0. The Balaban J connectivity index is 2.16. The normalized spacial score (nSPS) is 19.4. The van der Waals surface area contributed by atoms with Gasteiger partial charge in [-0.15, -0.1) is 0 Å². The Hall–Kier alpha value is -1.34. The topological polar surface area (TPSA) is 79.5 Å². The zero-order chi connectivity index (χ0) is 15.0. The smallest absolute Gasteiger partial charge is 0.304 e. The van der Waals surface area contributed by atoms with Crippen molar-refractivity contribution < 1.29 is 8.42 Å². The lowest BCUT2D eigenvalue weighted by Gasteiger charge is -2.23. The summed E-state index contributed by atoms with van der Waals surface area (Å²) in [5.74, 6) is 0.325. The van der Waals surface area contributed by atoms with Gasteiger partial charge in [0.25, 0.3) is 0 Å². The fourth-order valence-electron chi connectivity index (χ4n) is 2.11. The van der Waals surface area contributed by atoms with E-state index in [1.165, 1.54) is 14.8 Å². The largest absolute Gasteiger partial charge is 0.384 e. The molecular weight excluding hydrogens is 276 g/mol. The molecule has 2 rings (SSSR count). The van der Waals surface area contributed by atoms with E-state index in [2.05, 4.69) is 25.8 Å². The molecule has 6 nitrogen and oxygen atoms in total. The molecule has 2 heterocycles. The first-order valence-electron chi connectivity index (χ1n) is 6.69. The molecule has 2 N–H and O–H groups in total.